The first-order chi connectivity index (χ1) is 11.0. The predicted octanol–water partition coefficient (Wildman–Crippen LogP) is 1.82. The minimum Gasteiger partial charge on any atom is -0.477 e. The summed E-state index contributed by atoms with van der Waals surface area (Å²) in [6.45, 7) is 8.03. The van der Waals surface area contributed by atoms with E-state index in [1.807, 2.05) is 6.08 Å². The maximum Gasteiger partial charge on any atom is 0.270 e. The van der Waals surface area contributed by atoms with Crippen LogP contribution in [0.5, 0.6) is 0 Å². The lowest BCUT2D eigenvalue weighted by molar-refractivity contribution is -0.176. The van der Waals surface area contributed by atoms with Crippen molar-refractivity contribution in [3.8, 4) is 0 Å². The molecule has 3 aliphatic heterocycles. The molecular formula is C18H24N2O3. The van der Waals surface area contributed by atoms with Gasteiger partial charge in [-0.25, -0.2) is 0 Å². The highest BCUT2D eigenvalue weighted by atomic mass is 16.5. The first-order valence-corrected chi connectivity index (χ1v) is 8.30. The smallest absolute Gasteiger partial charge is 0.270 e. The molecule has 1 saturated carbocycles. The molecule has 0 aromatic heterocycles. The van der Waals surface area contributed by atoms with E-state index in [1.165, 1.54) is 5.57 Å². The van der Waals surface area contributed by atoms with Gasteiger partial charge in [0.2, 0.25) is 5.91 Å². The standard InChI is InChI=1S/C18H24N2O3/c1-3-15(5-4-12(2)13-6-8-19-9-7-13)23-18-10-14(11-18)16(21)20-17(18)22/h3-5,13-14,19H,1,6-11H2,2H3,(H,20,21,22)/b12-4+,15-5+. The fourth-order valence-corrected chi connectivity index (χ4v) is 3.56. The molecule has 3 heterocycles. The molecule has 0 spiro atoms. The number of ether oxygens (including phenoxy) is 1. The molecule has 0 atom stereocenters. The molecule has 2 bridgehead atoms. The molecule has 1 aliphatic carbocycles. The molecule has 124 valence electrons. The molecule has 4 aliphatic rings. The molecule has 5 heteroatoms. The highest BCUT2D eigenvalue weighted by Crippen LogP contribution is 2.45. The van der Waals surface area contributed by atoms with Gasteiger partial charge in [-0.2, -0.15) is 0 Å². The lowest BCUT2D eigenvalue weighted by atomic mass is 9.66. The molecule has 23 heavy (non-hydrogen) atoms. The summed E-state index contributed by atoms with van der Waals surface area (Å²) in [5.74, 6) is 0.593. The second kappa shape index (κ2) is 6.32. The van der Waals surface area contributed by atoms with Crippen molar-refractivity contribution in [2.75, 3.05) is 13.1 Å². The van der Waals surface area contributed by atoms with E-state index in [-0.39, 0.29) is 17.7 Å². The van der Waals surface area contributed by atoms with Crippen LogP contribution in [0.1, 0.15) is 32.6 Å². The fraction of sp³-hybridized carbons (Fsp3) is 0.556. The normalized spacial score (nSPS) is 32.1. The molecule has 5 nitrogen and oxygen atoms in total. The monoisotopic (exact) mass is 316 g/mol. The van der Waals surface area contributed by atoms with E-state index in [1.54, 1.807) is 6.08 Å². The minimum absolute atomic E-state index is 0.0919. The molecule has 0 aromatic carbocycles. The Kier molecular flexibility index (Phi) is 4.39. The van der Waals surface area contributed by atoms with Crippen molar-refractivity contribution in [3.63, 3.8) is 0 Å². The van der Waals surface area contributed by atoms with Gasteiger partial charge in [-0.3, -0.25) is 14.9 Å². The number of rotatable bonds is 5. The van der Waals surface area contributed by atoms with E-state index < -0.39 is 5.60 Å². The molecule has 2 N–H and O–H groups in total. The first kappa shape index (κ1) is 16.0. The Bertz CT molecular complexity index is 579. The Morgan fingerprint density at radius 1 is 1.26 bits per heavy atom. The minimum atomic E-state index is -0.880. The second-order valence-corrected chi connectivity index (χ2v) is 6.73. The molecular weight excluding hydrogens is 292 g/mol. The topological polar surface area (TPSA) is 67.4 Å². The van der Waals surface area contributed by atoms with E-state index in [0.717, 1.165) is 25.9 Å². The van der Waals surface area contributed by atoms with Crippen LogP contribution in [-0.4, -0.2) is 30.5 Å². The van der Waals surface area contributed by atoms with Crippen LogP contribution in [0.4, 0.5) is 0 Å². The number of allylic oxidation sites excluding steroid dienone is 4. The van der Waals surface area contributed by atoms with Crippen molar-refractivity contribution >= 4 is 11.8 Å². The van der Waals surface area contributed by atoms with Crippen molar-refractivity contribution in [1.82, 2.24) is 10.6 Å². The second-order valence-electron chi connectivity index (χ2n) is 6.73. The van der Waals surface area contributed by atoms with Gasteiger partial charge in [-0.05, 0) is 50.9 Å². The van der Waals surface area contributed by atoms with E-state index in [2.05, 4.69) is 30.2 Å². The Hall–Kier alpha value is -1.88. The maximum absolute atomic E-state index is 12.1. The summed E-state index contributed by atoms with van der Waals surface area (Å²) in [5, 5.41) is 5.74. The van der Waals surface area contributed by atoms with Gasteiger partial charge < -0.3 is 10.1 Å². The SMILES string of the molecule is C=C/C(=C\C=C(/C)C1CCNCC1)OC12CC(C1)C(=O)NC2=O. The number of amides is 2. The summed E-state index contributed by atoms with van der Waals surface area (Å²) in [7, 11) is 0. The highest BCUT2D eigenvalue weighted by molar-refractivity contribution is 6.06. The van der Waals surface area contributed by atoms with Crippen LogP contribution in [0.15, 0.2) is 36.1 Å². The third kappa shape index (κ3) is 3.11. The maximum atomic E-state index is 12.1. The predicted molar refractivity (Wildman–Crippen MR) is 87.3 cm³/mol. The lowest BCUT2D eigenvalue weighted by Gasteiger charge is -2.48. The molecule has 0 aromatic rings. The Balaban J connectivity index is 1.67. The number of imide groups is 1. The van der Waals surface area contributed by atoms with Crippen LogP contribution >= 0.6 is 0 Å². The summed E-state index contributed by atoms with van der Waals surface area (Å²) in [6, 6.07) is 0. The van der Waals surface area contributed by atoms with Crippen molar-refractivity contribution in [3.05, 3.63) is 36.1 Å². The molecule has 0 unspecified atom stereocenters. The van der Waals surface area contributed by atoms with Crippen LogP contribution in [0, 0.1) is 11.8 Å². The fourth-order valence-electron chi connectivity index (χ4n) is 3.56. The van der Waals surface area contributed by atoms with Gasteiger partial charge in [0.25, 0.3) is 5.91 Å². The van der Waals surface area contributed by atoms with Gasteiger partial charge in [0.05, 0.1) is 0 Å². The molecule has 2 amide bonds. The zero-order valence-corrected chi connectivity index (χ0v) is 13.6. The van der Waals surface area contributed by atoms with Crippen LogP contribution < -0.4 is 10.6 Å². The van der Waals surface area contributed by atoms with Gasteiger partial charge in [-0.1, -0.05) is 18.2 Å². The van der Waals surface area contributed by atoms with E-state index in [9.17, 15) is 9.59 Å². The molecule has 4 fully saturated rings. The first-order valence-electron chi connectivity index (χ1n) is 8.30. The Morgan fingerprint density at radius 2 is 1.96 bits per heavy atom. The van der Waals surface area contributed by atoms with Crippen LogP contribution in [-0.2, 0) is 14.3 Å². The third-order valence-corrected chi connectivity index (χ3v) is 5.18. The van der Waals surface area contributed by atoms with Crippen LogP contribution in [0.25, 0.3) is 0 Å². The van der Waals surface area contributed by atoms with Crippen LogP contribution in [0.3, 0.4) is 0 Å². The Labute approximate surface area is 136 Å². The summed E-state index contributed by atoms with van der Waals surface area (Å²) >= 11 is 0. The van der Waals surface area contributed by atoms with E-state index in [0.29, 0.717) is 24.5 Å². The zero-order valence-electron chi connectivity index (χ0n) is 13.6. The van der Waals surface area contributed by atoms with Crippen molar-refractivity contribution in [2.24, 2.45) is 11.8 Å². The van der Waals surface area contributed by atoms with Crippen LogP contribution in [0.2, 0.25) is 0 Å². The number of piperidine rings is 3. The molecule has 0 radical (unpaired) electrons. The van der Waals surface area contributed by atoms with Gasteiger partial charge in [-0.15, -0.1) is 0 Å². The number of fused-ring (bicyclic) bond motifs is 2. The average molecular weight is 316 g/mol. The average Bonchev–Trinajstić information content (AvgIpc) is 2.52. The zero-order chi connectivity index (χ0) is 16.4. The van der Waals surface area contributed by atoms with Gasteiger partial charge in [0.15, 0.2) is 5.60 Å². The Morgan fingerprint density at radius 3 is 2.57 bits per heavy atom. The van der Waals surface area contributed by atoms with E-state index >= 15 is 0 Å². The largest absolute Gasteiger partial charge is 0.477 e. The summed E-state index contributed by atoms with van der Waals surface area (Å²) in [5.41, 5.74) is 0.441. The van der Waals surface area contributed by atoms with Gasteiger partial charge >= 0.3 is 0 Å². The number of hydrogen-bond acceptors (Lipinski definition) is 4. The van der Waals surface area contributed by atoms with Gasteiger partial charge in [0, 0.05) is 18.8 Å². The number of hydrogen-bond donors (Lipinski definition) is 2. The van der Waals surface area contributed by atoms with Crippen molar-refractivity contribution in [2.45, 2.75) is 38.2 Å². The number of carbonyl (C=O) groups is 2. The number of carbonyl (C=O) groups excluding carboxylic acids is 2. The molecule has 3 saturated heterocycles. The summed E-state index contributed by atoms with van der Waals surface area (Å²) in [4.78, 5) is 23.6. The number of nitrogens with one attached hydrogen (secondary N) is 2. The summed E-state index contributed by atoms with van der Waals surface area (Å²) < 4.78 is 5.91. The summed E-state index contributed by atoms with van der Waals surface area (Å²) in [6.07, 6.45) is 8.81. The van der Waals surface area contributed by atoms with Crippen molar-refractivity contribution in [1.29, 1.82) is 0 Å². The lowest BCUT2D eigenvalue weighted by Crippen LogP contribution is -2.67. The highest BCUT2D eigenvalue weighted by Gasteiger charge is 2.59. The quantitative estimate of drug-likeness (QED) is 0.461. The van der Waals surface area contributed by atoms with E-state index in [4.69, 9.17) is 4.74 Å². The third-order valence-electron chi connectivity index (χ3n) is 5.18. The molecule has 4 rings (SSSR count). The van der Waals surface area contributed by atoms with Gasteiger partial charge in [0.1, 0.15) is 5.76 Å². The van der Waals surface area contributed by atoms with Crippen molar-refractivity contribution < 1.29 is 14.3 Å².